The van der Waals surface area contributed by atoms with E-state index in [0.29, 0.717) is 24.6 Å². The summed E-state index contributed by atoms with van der Waals surface area (Å²) in [6.07, 6.45) is 5.29. The van der Waals surface area contributed by atoms with Crippen LogP contribution in [0.3, 0.4) is 0 Å². The molecule has 34 heavy (non-hydrogen) atoms. The van der Waals surface area contributed by atoms with Gasteiger partial charge in [0.1, 0.15) is 0 Å². The predicted molar refractivity (Wildman–Crippen MR) is 133 cm³/mol. The summed E-state index contributed by atoms with van der Waals surface area (Å²) in [6, 6.07) is 2.66. The number of anilines is 1. The number of likely N-dealkylation sites (tertiary alicyclic amines) is 1. The van der Waals surface area contributed by atoms with E-state index in [1.807, 2.05) is 27.7 Å². The molecule has 2 aliphatic heterocycles. The number of alkyl halides is 3. The molecule has 1 amide bonds. The molecule has 4 rings (SSSR count). The minimum Gasteiger partial charge on any atom is -0.398 e. The summed E-state index contributed by atoms with van der Waals surface area (Å²) in [7, 11) is 0. The van der Waals surface area contributed by atoms with E-state index in [2.05, 4.69) is 4.90 Å². The normalized spacial score (nSPS) is 23.4. The van der Waals surface area contributed by atoms with E-state index < -0.39 is 11.7 Å². The highest BCUT2D eigenvalue weighted by atomic mass is 19.4. The van der Waals surface area contributed by atoms with Crippen LogP contribution in [-0.2, 0) is 23.9 Å². The largest absolute Gasteiger partial charge is 0.416 e. The van der Waals surface area contributed by atoms with Gasteiger partial charge in [0, 0.05) is 30.7 Å². The van der Waals surface area contributed by atoms with Crippen molar-refractivity contribution < 1.29 is 18.0 Å². The van der Waals surface area contributed by atoms with Crippen LogP contribution in [0, 0.1) is 5.92 Å². The smallest absolute Gasteiger partial charge is 0.398 e. The molecule has 2 N–H and O–H groups in total. The maximum atomic E-state index is 13.2. The molecule has 2 heterocycles. The molecule has 1 saturated heterocycles. The predicted octanol–water partition coefficient (Wildman–Crippen LogP) is 6.66. The van der Waals surface area contributed by atoms with Gasteiger partial charge in [-0.2, -0.15) is 13.2 Å². The SMILES string of the molecule is CC.CC.Nc1cc(C(F)(F)F)cc2c1CCN(C(=O)C1CCC(N3CCCCCCC3)C1)C2. The van der Waals surface area contributed by atoms with Crippen LogP contribution in [-0.4, -0.2) is 41.4 Å². The third-order valence-corrected chi connectivity index (χ3v) is 7.17. The van der Waals surface area contributed by atoms with E-state index in [4.69, 9.17) is 5.73 Å². The molecule has 2 unspecified atom stereocenters. The molecule has 0 bridgehead atoms. The van der Waals surface area contributed by atoms with Crippen molar-refractivity contribution in [3.8, 4) is 0 Å². The molecule has 7 heteroatoms. The summed E-state index contributed by atoms with van der Waals surface area (Å²) in [5.74, 6) is 0.0938. The zero-order valence-electron chi connectivity index (χ0n) is 21.5. The number of nitrogen functional groups attached to an aromatic ring is 1. The first-order valence-corrected chi connectivity index (χ1v) is 13.3. The molecule has 3 aliphatic rings. The highest BCUT2D eigenvalue weighted by Crippen LogP contribution is 2.37. The summed E-state index contributed by atoms with van der Waals surface area (Å²) in [5, 5.41) is 0. The fourth-order valence-corrected chi connectivity index (χ4v) is 5.49. The first kappa shape index (κ1) is 28.5. The molecule has 1 saturated carbocycles. The molecule has 0 radical (unpaired) electrons. The molecule has 1 aliphatic carbocycles. The van der Waals surface area contributed by atoms with Gasteiger partial charge >= 0.3 is 6.18 Å². The zero-order valence-corrected chi connectivity index (χ0v) is 21.5. The van der Waals surface area contributed by atoms with Crippen LogP contribution in [0.4, 0.5) is 18.9 Å². The van der Waals surface area contributed by atoms with Gasteiger partial charge in [0.25, 0.3) is 0 Å². The Labute approximate surface area is 204 Å². The van der Waals surface area contributed by atoms with Crippen molar-refractivity contribution >= 4 is 11.6 Å². The van der Waals surface area contributed by atoms with E-state index >= 15 is 0 Å². The van der Waals surface area contributed by atoms with Gasteiger partial charge < -0.3 is 15.5 Å². The Morgan fingerprint density at radius 2 is 1.56 bits per heavy atom. The van der Waals surface area contributed by atoms with E-state index in [1.165, 1.54) is 38.2 Å². The van der Waals surface area contributed by atoms with Crippen molar-refractivity contribution in [2.45, 2.75) is 104 Å². The van der Waals surface area contributed by atoms with Gasteiger partial charge in [-0.15, -0.1) is 0 Å². The lowest BCUT2D eigenvalue weighted by Gasteiger charge is -2.33. The second-order valence-electron chi connectivity index (χ2n) is 9.18. The highest BCUT2D eigenvalue weighted by molar-refractivity contribution is 5.79. The molecule has 4 nitrogen and oxygen atoms in total. The second kappa shape index (κ2) is 13.4. The van der Waals surface area contributed by atoms with E-state index in [0.717, 1.165) is 44.0 Å². The molecule has 0 spiro atoms. The number of fused-ring (bicyclic) bond motifs is 1. The minimum absolute atomic E-state index is 0.00913. The van der Waals surface area contributed by atoms with Crippen LogP contribution in [0.15, 0.2) is 12.1 Å². The maximum absolute atomic E-state index is 13.2. The van der Waals surface area contributed by atoms with E-state index in [-0.39, 0.29) is 24.1 Å². The summed E-state index contributed by atoms with van der Waals surface area (Å²) >= 11 is 0. The number of hydrogen-bond donors (Lipinski definition) is 1. The molecular formula is C27H44F3N3O. The molecular weight excluding hydrogens is 439 g/mol. The number of carbonyl (C=O) groups is 1. The zero-order chi connectivity index (χ0) is 25.3. The van der Waals surface area contributed by atoms with Gasteiger partial charge in [-0.3, -0.25) is 4.79 Å². The van der Waals surface area contributed by atoms with Crippen molar-refractivity contribution in [2.24, 2.45) is 5.92 Å². The molecule has 194 valence electrons. The van der Waals surface area contributed by atoms with Crippen molar-refractivity contribution in [3.63, 3.8) is 0 Å². The third-order valence-electron chi connectivity index (χ3n) is 7.17. The molecule has 2 fully saturated rings. The molecule has 2 atom stereocenters. The summed E-state index contributed by atoms with van der Waals surface area (Å²) in [4.78, 5) is 17.5. The van der Waals surface area contributed by atoms with Crippen molar-refractivity contribution in [1.82, 2.24) is 9.80 Å². The highest BCUT2D eigenvalue weighted by Gasteiger charge is 2.37. The van der Waals surface area contributed by atoms with Crippen LogP contribution in [0.25, 0.3) is 0 Å². The number of nitrogens with two attached hydrogens (primary N) is 1. The van der Waals surface area contributed by atoms with E-state index in [1.54, 1.807) is 4.90 Å². The number of benzene rings is 1. The summed E-state index contributed by atoms with van der Waals surface area (Å²) in [6.45, 7) is 11.0. The van der Waals surface area contributed by atoms with E-state index in [9.17, 15) is 18.0 Å². The molecule has 0 aromatic heterocycles. The van der Waals surface area contributed by atoms with Crippen LogP contribution in [0.2, 0.25) is 0 Å². The number of amides is 1. The lowest BCUT2D eigenvalue weighted by Crippen LogP contribution is -2.41. The minimum atomic E-state index is -4.43. The number of hydrogen-bond acceptors (Lipinski definition) is 3. The van der Waals surface area contributed by atoms with Crippen molar-refractivity contribution in [3.05, 3.63) is 28.8 Å². The number of carbonyl (C=O) groups excluding carboxylic acids is 1. The number of halogens is 3. The standard InChI is InChI=1S/C23H32F3N3O.2C2H6/c24-23(25,26)18-12-17-15-29(11-8-20(17)21(27)14-18)22(30)16-6-7-19(13-16)28-9-4-2-1-3-5-10-28;2*1-2/h12,14,16,19H,1-11,13,15,27H2;2*1-2H3. The Balaban J connectivity index is 0.000000970. The van der Waals surface area contributed by atoms with Gasteiger partial charge in [-0.1, -0.05) is 47.0 Å². The lowest BCUT2D eigenvalue weighted by atomic mass is 9.94. The second-order valence-corrected chi connectivity index (χ2v) is 9.18. The van der Waals surface area contributed by atoms with Crippen LogP contribution < -0.4 is 5.73 Å². The Morgan fingerprint density at radius 3 is 2.18 bits per heavy atom. The van der Waals surface area contributed by atoms with Crippen molar-refractivity contribution in [2.75, 3.05) is 25.4 Å². The first-order valence-electron chi connectivity index (χ1n) is 13.3. The quantitative estimate of drug-likeness (QED) is 0.479. The number of nitrogens with zero attached hydrogens (tertiary/aromatic N) is 2. The van der Waals surface area contributed by atoms with Crippen LogP contribution in [0.5, 0.6) is 0 Å². The average molecular weight is 484 g/mol. The fourth-order valence-electron chi connectivity index (χ4n) is 5.49. The van der Waals surface area contributed by atoms with Gasteiger partial charge in [-0.05, 0) is 74.9 Å². The fraction of sp³-hybridized carbons (Fsp3) is 0.741. The topological polar surface area (TPSA) is 49.6 Å². The monoisotopic (exact) mass is 483 g/mol. The van der Waals surface area contributed by atoms with Crippen LogP contribution >= 0.6 is 0 Å². The maximum Gasteiger partial charge on any atom is 0.416 e. The van der Waals surface area contributed by atoms with Gasteiger partial charge in [0.15, 0.2) is 0 Å². The summed E-state index contributed by atoms with van der Waals surface area (Å²) in [5.41, 5.74) is 6.66. The average Bonchev–Trinajstić information content (AvgIpc) is 3.30. The first-order chi connectivity index (χ1) is 16.3. The Morgan fingerprint density at radius 1 is 0.941 bits per heavy atom. The lowest BCUT2D eigenvalue weighted by molar-refractivity contribution is -0.137. The molecule has 1 aromatic rings. The Kier molecular flexibility index (Phi) is 11.2. The van der Waals surface area contributed by atoms with Gasteiger partial charge in [0.05, 0.1) is 5.56 Å². The van der Waals surface area contributed by atoms with Gasteiger partial charge in [-0.25, -0.2) is 0 Å². The molecule has 1 aromatic carbocycles. The van der Waals surface area contributed by atoms with Crippen LogP contribution in [0.1, 0.15) is 95.8 Å². The van der Waals surface area contributed by atoms with Crippen molar-refractivity contribution in [1.29, 1.82) is 0 Å². The third kappa shape index (κ3) is 7.12. The van der Waals surface area contributed by atoms with Gasteiger partial charge in [0.2, 0.25) is 5.91 Å². The number of rotatable bonds is 2. The Bertz CT molecular complexity index is 773. The summed E-state index contributed by atoms with van der Waals surface area (Å²) < 4.78 is 39.5. The Hall–Kier alpha value is -1.76.